The molecule has 0 radical (unpaired) electrons. The Morgan fingerprint density at radius 1 is 0.825 bits per heavy atom. The number of hydrogen-bond donors (Lipinski definition) is 0. The van der Waals surface area contributed by atoms with Gasteiger partial charge < -0.3 is 37.3 Å². The molecule has 322 valence electrons. The highest BCUT2D eigenvalue weighted by Gasteiger charge is 2.53. The number of nitrogens with zero attached hydrogens (tertiary/aromatic N) is 3. The number of ether oxygens (including phenoxy) is 6. The molecule has 0 aliphatic carbocycles. The van der Waals surface area contributed by atoms with Gasteiger partial charge in [-0.05, 0) is 51.0 Å². The number of unbranched alkanes of at least 4 members (excludes halogenated alkanes) is 11. The lowest BCUT2D eigenvalue weighted by Crippen LogP contribution is -2.63. The summed E-state index contributed by atoms with van der Waals surface area (Å²) in [5, 5.41) is 4.12. The maximum Gasteiger partial charge on any atom is 0.332 e. The van der Waals surface area contributed by atoms with Crippen molar-refractivity contribution in [1.82, 2.24) is 0 Å². The summed E-state index contributed by atoms with van der Waals surface area (Å²) >= 11 is 1.32. The molecule has 0 N–H and O–H groups in total. The van der Waals surface area contributed by atoms with Crippen molar-refractivity contribution in [2.24, 2.45) is 5.11 Å². The molecule has 57 heavy (non-hydrogen) atoms. The van der Waals surface area contributed by atoms with Gasteiger partial charge in [0.25, 0.3) is 0 Å². The number of esters is 3. The molecule has 2 aliphatic heterocycles. The number of hydrogen-bond acceptors (Lipinski definition) is 13. The molecule has 2 aliphatic rings. The SMILES string of the molecule is CCCCCCCCCCCCCC[C@H]1OC(C)(C)O[C@H]1[C@@H](CO[Si](C)(C)OC1[C@@H](OC(C)=O)[C@@H](OC(C)=O)C(COC(C)=O)O[C@H]1Sc1ccccc1)N=[N+]=[N-]. The number of carbonyl (C=O) groups is 3. The van der Waals surface area contributed by atoms with Crippen LogP contribution in [0.1, 0.15) is 125 Å². The molecular weight excluding hydrogens is 771 g/mol. The van der Waals surface area contributed by atoms with E-state index in [9.17, 15) is 19.9 Å². The smallest absolute Gasteiger partial charge is 0.332 e. The van der Waals surface area contributed by atoms with Gasteiger partial charge in [0.1, 0.15) is 24.3 Å². The summed E-state index contributed by atoms with van der Waals surface area (Å²) in [4.78, 5) is 40.7. The molecule has 2 fully saturated rings. The Bertz CT molecular complexity index is 1420. The van der Waals surface area contributed by atoms with E-state index in [4.69, 9.17) is 37.3 Å². The number of azide groups is 1. The highest BCUT2D eigenvalue weighted by Crippen LogP contribution is 2.39. The normalized spacial score (nSPS) is 24.9. The predicted molar refractivity (Wildman–Crippen MR) is 219 cm³/mol. The third-order valence-corrected chi connectivity index (χ3v) is 12.7. The summed E-state index contributed by atoms with van der Waals surface area (Å²) in [6.07, 6.45) is 10.6. The molecule has 8 atom stereocenters. The Kier molecular flexibility index (Phi) is 21.4. The first kappa shape index (κ1) is 48.7. The number of thioether (sulfide) groups is 1. The van der Waals surface area contributed by atoms with Crippen molar-refractivity contribution in [2.75, 3.05) is 13.2 Å². The number of benzene rings is 1. The van der Waals surface area contributed by atoms with Gasteiger partial charge in [-0.2, -0.15) is 0 Å². The van der Waals surface area contributed by atoms with Crippen LogP contribution < -0.4 is 0 Å². The van der Waals surface area contributed by atoms with Crippen LogP contribution in [0.3, 0.4) is 0 Å². The Balaban J connectivity index is 1.72. The lowest BCUT2D eigenvalue weighted by atomic mass is 9.99. The highest BCUT2D eigenvalue weighted by atomic mass is 32.2. The molecule has 0 bridgehead atoms. The van der Waals surface area contributed by atoms with Gasteiger partial charge in [-0.3, -0.25) is 14.4 Å². The molecule has 14 nitrogen and oxygen atoms in total. The van der Waals surface area contributed by atoms with Crippen molar-refractivity contribution < 1.29 is 51.7 Å². The molecule has 2 unspecified atom stereocenters. The lowest BCUT2D eigenvalue weighted by molar-refractivity contribution is -0.230. The van der Waals surface area contributed by atoms with Gasteiger partial charge >= 0.3 is 26.5 Å². The zero-order valence-corrected chi connectivity index (χ0v) is 37.2. The topological polar surface area (TPSA) is 174 Å². The van der Waals surface area contributed by atoms with E-state index >= 15 is 0 Å². The number of carbonyl (C=O) groups excluding carboxylic acids is 3. The molecule has 0 aromatic heterocycles. The largest absolute Gasteiger partial charge is 0.463 e. The van der Waals surface area contributed by atoms with E-state index < -0.39 is 74.3 Å². The molecule has 2 saturated heterocycles. The van der Waals surface area contributed by atoms with Crippen LogP contribution in [-0.4, -0.2) is 93.6 Å². The van der Waals surface area contributed by atoms with Gasteiger partial charge in [-0.1, -0.05) is 119 Å². The second-order valence-corrected chi connectivity index (χ2v) is 20.3. The zero-order chi connectivity index (χ0) is 41.8. The Morgan fingerprint density at radius 2 is 1.40 bits per heavy atom. The summed E-state index contributed by atoms with van der Waals surface area (Å²) < 4.78 is 49.2. The van der Waals surface area contributed by atoms with Crippen molar-refractivity contribution in [2.45, 2.75) is 197 Å². The highest BCUT2D eigenvalue weighted by molar-refractivity contribution is 7.99. The molecule has 0 saturated carbocycles. The van der Waals surface area contributed by atoms with Crippen LogP contribution in [0.4, 0.5) is 0 Å². The van der Waals surface area contributed by atoms with E-state index in [1.54, 1.807) is 0 Å². The van der Waals surface area contributed by atoms with Gasteiger partial charge in [-0.25, -0.2) is 0 Å². The average molecular weight is 838 g/mol. The predicted octanol–water partition coefficient (Wildman–Crippen LogP) is 9.32. The Labute approximate surface area is 344 Å². The molecule has 0 spiro atoms. The van der Waals surface area contributed by atoms with Crippen molar-refractivity contribution >= 4 is 38.2 Å². The van der Waals surface area contributed by atoms with Crippen LogP contribution in [0.2, 0.25) is 13.1 Å². The molecular formula is C41H67N3O11SSi. The fourth-order valence-electron chi connectivity index (χ4n) is 7.23. The average Bonchev–Trinajstić information content (AvgIpc) is 3.45. The molecule has 16 heteroatoms. The van der Waals surface area contributed by atoms with E-state index in [-0.39, 0.29) is 19.3 Å². The van der Waals surface area contributed by atoms with Gasteiger partial charge in [-0.15, -0.1) is 0 Å². The summed E-state index contributed by atoms with van der Waals surface area (Å²) in [6.45, 7) is 13.1. The standard InChI is InChI=1S/C41H67N3O11SSi/c1-9-10-11-12-13-14-15-16-17-18-19-23-26-34-36(54-41(5,6)53-34)33(43-44-42)27-49-57(7,8)55-39-38(51-31(4)47)37(50-30(3)46)35(28-48-29(2)45)52-40(39)56-32-24-21-20-22-25-32/h20-22,24-25,33-40H,9-19,23,26-28H2,1-8H3/t33-,34-,35?,36+,37+,38+,39?,40+/m1/s1. The summed E-state index contributed by atoms with van der Waals surface area (Å²) in [5.74, 6) is -2.70. The monoisotopic (exact) mass is 837 g/mol. The third-order valence-electron chi connectivity index (χ3n) is 9.81. The summed E-state index contributed by atoms with van der Waals surface area (Å²) in [7, 11) is -3.22. The third kappa shape index (κ3) is 18.0. The summed E-state index contributed by atoms with van der Waals surface area (Å²) in [6, 6.07) is 8.71. The van der Waals surface area contributed by atoms with Crippen molar-refractivity contribution in [3.63, 3.8) is 0 Å². The second-order valence-electron chi connectivity index (χ2n) is 15.8. The molecule has 1 aromatic carbocycles. The molecule has 0 amide bonds. The van der Waals surface area contributed by atoms with E-state index in [0.29, 0.717) is 0 Å². The zero-order valence-electron chi connectivity index (χ0n) is 35.4. The fraction of sp³-hybridized carbons (Fsp3) is 0.780. The van der Waals surface area contributed by atoms with Gasteiger partial charge in [0, 0.05) is 37.2 Å². The maximum absolute atomic E-state index is 12.6. The first-order chi connectivity index (χ1) is 27.1. The fourth-order valence-corrected chi connectivity index (χ4v) is 10.0. The molecule has 1 aromatic rings. The van der Waals surface area contributed by atoms with Crippen LogP contribution in [0, 0.1) is 0 Å². The van der Waals surface area contributed by atoms with Crippen molar-refractivity contribution in [1.29, 1.82) is 0 Å². The Hall–Kier alpha value is -2.69. The van der Waals surface area contributed by atoms with Gasteiger partial charge in [0.15, 0.2) is 18.0 Å². The first-order valence-electron chi connectivity index (χ1n) is 20.7. The quantitative estimate of drug-likeness (QED) is 0.0165. The molecule has 3 rings (SSSR count). The summed E-state index contributed by atoms with van der Waals surface area (Å²) in [5.41, 5.74) is 8.82. The Morgan fingerprint density at radius 3 is 1.96 bits per heavy atom. The van der Waals surface area contributed by atoms with Crippen LogP contribution in [-0.2, 0) is 51.7 Å². The minimum Gasteiger partial charge on any atom is -0.463 e. The number of rotatable bonds is 26. The van der Waals surface area contributed by atoms with E-state index in [2.05, 4.69) is 16.9 Å². The van der Waals surface area contributed by atoms with Crippen molar-refractivity contribution in [3.05, 3.63) is 40.8 Å². The van der Waals surface area contributed by atoms with E-state index in [1.165, 1.54) is 96.7 Å². The lowest BCUT2D eigenvalue weighted by Gasteiger charge is -2.46. The minimum atomic E-state index is -3.22. The van der Waals surface area contributed by atoms with Crippen LogP contribution in [0.15, 0.2) is 40.3 Å². The van der Waals surface area contributed by atoms with E-state index in [0.717, 1.165) is 24.2 Å². The van der Waals surface area contributed by atoms with Crippen LogP contribution >= 0.6 is 11.8 Å². The van der Waals surface area contributed by atoms with Gasteiger partial charge in [0.2, 0.25) is 0 Å². The van der Waals surface area contributed by atoms with Crippen LogP contribution in [0.25, 0.3) is 10.4 Å². The first-order valence-corrected chi connectivity index (χ1v) is 24.4. The maximum atomic E-state index is 12.6. The van der Waals surface area contributed by atoms with Crippen LogP contribution in [0.5, 0.6) is 0 Å². The van der Waals surface area contributed by atoms with E-state index in [1.807, 2.05) is 57.3 Å². The molecule has 2 heterocycles. The van der Waals surface area contributed by atoms with Gasteiger partial charge in [0.05, 0.1) is 18.2 Å². The minimum absolute atomic E-state index is 0.0207. The second kappa shape index (κ2) is 25.0. The van der Waals surface area contributed by atoms with Crippen molar-refractivity contribution in [3.8, 4) is 0 Å².